The lowest BCUT2D eigenvalue weighted by Crippen LogP contribution is -2.26. The second-order valence-electron chi connectivity index (χ2n) is 4.55. The fraction of sp³-hybridized carbons (Fsp3) is 0.667. The van der Waals surface area contributed by atoms with E-state index in [1.165, 1.54) is 23.9 Å². The summed E-state index contributed by atoms with van der Waals surface area (Å²) in [5.74, 6) is 0.881. The first-order valence-electron chi connectivity index (χ1n) is 6.21. The van der Waals surface area contributed by atoms with E-state index in [4.69, 9.17) is 4.74 Å². The van der Waals surface area contributed by atoms with Gasteiger partial charge in [-0.3, -0.25) is 4.79 Å². The Morgan fingerprint density at radius 1 is 1.61 bits per heavy atom. The van der Waals surface area contributed by atoms with Crippen molar-refractivity contribution in [1.82, 2.24) is 9.78 Å². The van der Waals surface area contributed by atoms with Crippen molar-refractivity contribution in [2.24, 2.45) is 5.92 Å². The van der Waals surface area contributed by atoms with E-state index in [2.05, 4.69) is 26.3 Å². The van der Waals surface area contributed by atoms with Crippen LogP contribution in [0, 0.1) is 5.92 Å². The van der Waals surface area contributed by atoms with Crippen LogP contribution in [-0.2, 0) is 11.3 Å². The molecule has 0 aliphatic heterocycles. The molecule has 1 saturated carbocycles. The molecule has 0 spiro atoms. The van der Waals surface area contributed by atoms with Crippen LogP contribution in [0.4, 0.5) is 5.69 Å². The molecule has 1 aromatic heterocycles. The van der Waals surface area contributed by atoms with Gasteiger partial charge in [-0.15, -0.1) is 0 Å². The number of methoxy groups -OCH3 is 1. The predicted octanol–water partition coefficient (Wildman–Crippen LogP) is 1.86. The fourth-order valence-electron chi connectivity index (χ4n) is 1.74. The second-order valence-corrected chi connectivity index (χ2v) is 5.35. The van der Waals surface area contributed by atoms with Gasteiger partial charge in [0.05, 0.1) is 25.0 Å². The van der Waals surface area contributed by atoms with Crippen molar-refractivity contribution < 1.29 is 4.74 Å². The van der Waals surface area contributed by atoms with E-state index in [1.807, 2.05) is 0 Å². The highest BCUT2D eigenvalue weighted by Gasteiger charge is 2.20. The maximum absolute atomic E-state index is 12.0. The Morgan fingerprint density at radius 3 is 3.06 bits per heavy atom. The first-order valence-corrected chi connectivity index (χ1v) is 7.00. The van der Waals surface area contributed by atoms with Crippen LogP contribution in [0.3, 0.4) is 0 Å². The minimum Gasteiger partial charge on any atom is -0.383 e. The molecule has 6 heteroatoms. The number of halogens is 1. The van der Waals surface area contributed by atoms with Crippen molar-refractivity contribution in [1.29, 1.82) is 0 Å². The largest absolute Gasteiger partial charge is 0.383 e. The first-order chi connectivity index (χ1) is 8.72. The topological polar surface area (TPSA) is 56.1 Å². The van der Waals surface area contributed by atoms with E-state index in [1.54, 1.807) is 13.3 Å². The minimum atomic E-state index is -0.122. The molecule has 1 heterocycles. The third kappa shape index (κ3) is 3.55. The molecule has 1 fully saturated rings. The Bertz CT molecular complexity index is 457. The second kappa shape index (κ2) is 6.33. The number of ether oxygens (including phenoxy) is 1. The van der Waals surface area contributed by atoms with Gasteiger partial charge in [0.25, 0.3) is 5.56 Å². The van der Waals surface area contributed by atoms with Gasteiger partial charge in [0.2, 0.25) is 0 Å². The van der Waals surface area contributed by atoms with Crippen LogP contribution in [0.5, 0.6) is 0 Å². The third-order valence-electron chi connectivity index (χ3n) is 3.06. The Balaban J connectivity index is 1.97. The summed E-state index contributed by atoms with van der Waals surface area (Å²) in [6, 6.07) is 0. The highest BCUT2D eigenvalue weighted by molar-refractivity contribution is 9.10. The van der Waals surface area contributed by atoms with Crippen molar-refractivity contribution in [2.45, 2.75) is 25.8 Å². The van der Waals surface area contributed by atoms with Crippen LogP contribution in [0.1, 0.15) is 19.3 Å². The van der Waals surface area contributed by atoms with Gasteiger partial charge in [-0.25, -0.2) is 4.68 Å². The van der Waals surface area contributed by atoms with Crippen LogP contribution in [0.25, 0.3) is 0 Å². The maximum Gasteiger partial charge on any atom is 0.283 e. The molecule has 0 unspecified atom stereocenters. The monoisotopic (exact) mass is 315 g/mol. The van der Waals surface area contributed by atoms with Crippen molar-refractivity contribution in [3.05, 3.63) is 21.0 Å². The lowest BCUT2D eigenvalue weighted by atomic mass is 10.3. The number of nitrogens with one attached hydrogen (secondary N) is 1. The van der Waals surface area contributed by atoms with Crippen LogP contribution in [0.15, 0.2) is 15.5 Å². The smallest absolute Gasteiger partial charge is 0.283 e. The summed E-state index contributed by atoms with van der Waals surface area (Å²) >= 11 is 3.33. The van der Waals surface area contributed by atoms with E-state index in [-0.39, 0.29) is 5.56 Å². The standard InChI is InChI=1S/C12H18BrN3O2/c1-18-7-6-16-12(17)11(13)10(8-15-16)14-5-4-9-2-3-9/h8-9,14H,2-7H2,1H3. The van der Waals surface area contributed by atoms with E-state index in [9.17, 15) is 4.79 Å². The van der Waals surface area contributed by atoms with Gasteiger partial charge in [-0.05, 0) is 28.3 Å². The molecular weight excluding hydrogens is 298 g/mol. The minimum absolute atomic E-state index is 0.122. The Kier molecular flexibility index (Phi) is 4.77. The fourth-order valence-corrected chi connectivity index (χ4v) is 2.19. The average Bonchev–Trinajstić information content (AvgIpc) is 3.18. The SMILES string of the molecule is COCCn1ncc(NCCC2CC2)c(Br)c1=O. The molecule has 0 bridgehead atoms. The van der Waals surface area contributed by atoms with Gasteiger partial charge in [0, 0.05) is 13.7 Å². The maximum atomic E-state index is 12.0. The molecule has 0 atom stereocenters. The van der Waals surface area contributed by atoms with Gasteiger partial charge in [-0.2, -0.15) is 5.10 Å². The quantitative estimate of drug-likeness (QED) is 0.834. The molecule has 1 N–H and O–H groups in total. The summed E-state index contributed by atoms with van der Waals surface area (Å²) in [6.45, 7) is 1.84. The van der Waals surface area contributed by atoms with Crippen LogP contribution < -0.4 is 10.9 Å². The zero-order chi connectivity index (χ0) is 13.0. The summed E-state index contributed by atoms with van der Waals surface area (Å²) in [5.41, 5.74) is 0.651. The summed E-state index contributed by atoms with van der Waals surface area (Å²) in [7, 11) is 1.61. The van der Waals surface area contributed by atoms with Crippen molar-refractivity contribution in [2.75, 3.05) is 25.6 Å². The van der Waals surface area contributed by atoms with Crippen molar-refractivity contribution >= 4 is 21.6 Å². The van der Waals surface area contributed by atoms with Gasteiger partial charge in [0.1, 0.15) is 4.47 Å². The lowest BCUT2D eigenvalue weighted by molar-refractivity contribution is 0.181. The zero-order valence-electron chi connectivity index (χ0n) is 10.5. The number of hydrogen-bond donors (Lipinski definition) is 1. The van der Waals surface area contributed by atoms with Crippen molar-refractivity contribution in [3.8, 4) is 0 Å². The molecule has 100 valence electrons. The van der Waals surface area contributed by atoms with Crippen LogP contribution in [-0.4, -0.2) is 30.0 Å². The van der Waals surface area contributed by atoms with E-state index in [0.29, 0.717) is 17.6 Å². The Labute approximate surface area is 115 Å². The molecule has 18 heavy (non-hydrogen) atoms. The molecule has 0 radical (unpaired) electrons. The van der Waals surface area contributed by atoms with Gasteiger partial charge >= 0.3 is 0 Å². The molecule has 0 aromatic carbocycles. The number of aromatic nitrogens is 2. The number of nitrogens with zero attached hydrogens (tertiary/aromatic N) is 2. The number of hydrogen-bond acceptors (Lipinski definition) is 4. The van der Waals surface area contributed by atoms with Crippen LogP contribution in [0.2, 0.25) is 0 Å². The molecule has 0 amide bonds. The first kappa shape index (κ1) is 13.5. The normalized spacial score (nSPS) is 14.8. The van der Waals surface area contributed by atoms with E-state index in [0.717, 1.165) is 18.2 Å². The third-order valence-corrected chi connectivity index (χ3v) is 3.82. The highest BCUT2D eigenvalue weighted by atomic mass is 79.9. The number of anilines is 1. The Morgan fingerprint density at radius 2 is 2.39 bits per heavy atom. The molecule has 2 rings (SSSR count). The molecular formula is C12H18BrN3O2. The molecule has 1 aliphatic carbocycles. The molecule has 1 aliphatic rings. The van der Waals surface area contributed by atoms with Crippen LogP contribution >= 0.6 is 15.9 Å². The van der Waals surface area contributed by atoms with E-state index < -0.39 is 0 Å². The average molecular weight is 316 g/mol. The molecule has 1 aromatic rings. The van der Waals surface area contributed by atoms with Crippen molar-refractivity contribution in [3.63, 3.8) is 0 Å². The highest BCUT2D eigenvalue weighted by Crippen LogP contribution is 2.32. The number of rotatable bonds is 7. The summed E-state index contributed by atoms with van der Waals surface area (Å²) < 4.78 is 6.89. The van der Waals surface area contributed by atoms with E-state index >= 15 is 0 Å². The van der Waals surface area contributed by atoms with Gasteiger partial charge < -0.3 is 10.1 Å². The Hall–Kier alpha value is -0.880. The van der Waals surface area contributed by atoms with Gasteiger partial charge in [0.15, 0.2) is 0 Å². The zero-order valence-corrected chi connectivity index (χ0v) is 12.1. The molecule has 0 saturated heterocycles. The summed E-state index contributed by atoms with van der Waals surface area (Å²) in [4.78, 5) is 12.0. The summed E-state index contributed by atoms with van der Waals surface area (Å²) in [6.07, 6.45) is 5.55. The predicted molar refractivity (Wildman–Crippen MR) is 73.9 cm³/mol. The van der Waals surface area contributed by atoms with Gasteiger partial charge in [-0.1, -0.05) is 12.8 Å². The summed E-state index contributed by atoms with van der Waals surface area (Å²) in [5, 5.41) is 7.38. The lowest BCUT2D eigenvalue weighted by Gasteiger charge is -2.10. The molecule has 5 nitrogen and oxygen atoms in total.